The summed E-state index contributed by atoms with van der Waals surface area (Å²) in [7, 11) is 0. The van der Waals surface area contributed by atoms with Crippen LogP contribution in [-0.4, -0.2) is 30.5 Å². The second kappa shape index (κ2) is 5.59. The fourth-order valence-corrected chi connectivity index (χ4v) is 1.83. The molecule has 18 heavy (non-hydrogen) atoms. The van der Waals surface area contributed by atoms with Gasteiger partial charge in [0.2, 0.25) is 0 Å². The van der Waals surface area contributed by atoms with Crippen molar-refractivity contribution in [2.45, 2.75) is 18.9 Å². The molecule has 0 aromatic heterocycles. The molecule has 1 aromatic rings. The largest absolute Gasteiger partial charge is 0.481 e. The average molecular weight is 251 g/mol. The van der Waals surface area contributed by atoms with E-state index in [0.29, 0.717) is 19.5 Å². The third kappa shape index (κ3) is 2.84. The fourth-order valence-electron chi connectivity index (χ4n) is 1.83. The highest BCUT2D eigenvalue weighted by molar-refractivity contribution is 5.77. The van der Waals surface area contributed by atoms with E-state index in [0.717, 1.165) is 12.8 Å². The first kappa shape index (κ1) is 12.5. The molecule has 0 amide bonds. The summed E-state index contributed by atoms with van der Waals surface area (Å²) in [5.74, 6) is 0.182. The lowest BCUT2D eigenvalue weighted by Gasteiger charge is -2.23. The highest BCUT2D eigenvalue weighted by Gasteiger charge is 2.21. The van der Waals surface area contributed by atoms with Gasteiger partial charge >= 0.3 is 5.69 Å². The molecule has 1 aliphatic rings. The summed E-state index contributed by atoms with van der Waals surface area (Å²) in [6.45, 7) is 1.14. The smallest absolute Gasteiger partial charge is 0.311 e. The molecule has 6 heteroatoms. The van der Waals surface area contributed by atoms with Crippen LogP contribution in [0.4, 0.5) is 5.69 Å². The molecule has 0 spiro atoms. The molecule has 0 saturated carbocycles. The Balaban J connectivity index is 2.20. The third-order valence-corrected chi connectivity index (χ3v) is 2.73. The average Bonchev–Trinajstić information content (AvgIpc) is 2.40. The van der Waals surface area contributed by atoms with E-state index < -0.39 is 4.92 Å². The molecular formula is C12H13NO5. The van der Waals surface area contributed by atoms with Crippen LogP contribution < -0.4 is 4.74 Å². The summed E-state index contributed by atoms with van der Waals surface area (Å²) >= 11 is 0. The molecule has 0 aliphatic carbocycles. The number of rotatable bonds is 4. The summed E-state index contributed by atoms with van der Waals surface area (Å²) in [6.07, 6.45) is 2.09. The fraction of sp³-hybridized carbons (Fsp3) is 0.417. The van der Waals surface area contributed by atoms with Crippen LogP contribution in [0.15, 0.2) is 18.2 Å². The number of carbonyl (C=O) groups is 1. The third-order valence-electron chi connectivity index (χ3n) is 2.73. The predicted octanol–water partition coefficient (Wildman–Crippen LogP) is 1.97. The summed E-state index contributed by atoms with van der Waals surface area (Å²) in [4.78, 5) is 21.0. The van der Waals surface area contributed by atoms with Gasteiger partial charge in [0, 0.05) is 18.2 Å². The van der Waals surface area contributed by atoms with Crippen LogP contribution in [0, 0.1) is 10.1 Å². The molecular weight excluding hydrogens is 238 g/mol. The van der Waals surface area contributed by atoms with E-state index in [2.05, 4.69) is 0 Å². The van der Waals surface area contributed by atoms with E-state index in [4.69, 9.17) is 9.47 Å². The zero-order valence-corrected chi connectivity index (χ0v) is 9.70. The van der Waals surface area contributed by atoms with Gasteiger partial charge in [0.05, 0.1) is 11.5 Å². The van der Waals surface area contributed by atoms with Crippen LogP contribution in [-0.2, 0) is 4.74 Å². The van der Waals surface area contributed by atoms with E-state index in [1.54, 1.807) is 0 Å². The first-order chi connectivity index (χ1) is 8.70. The maximum absolute atomic E-state index is 10.9. The van der Waals surface area contributed by atoms with Crippen molar-refractivity contribution in [1.82, 2.24) is 0 Å². The first-order valence-electron chi connectivity index (χ1n) is 5.68. The van der Waals surface area contributed by atoms with E-state index in [-0.39, 0.29) is 23.1 Å². The van der Waals surface area contributed by atoms with Crippen molar-refractivity contribution in [1.29, 1.82) is 0 Å². The molecule has 1 aromatic carbocycles. The highest BCUT2D eigenvalue weighted by atomic mass is 16.6. The number of ether oxygens (including phenoxy) is 2. The number of benzene rings is 1. The Bertz CT molecular complexity index is 454. The van der Waals surface area contributed by atoms with E-state index in [9.17, 15) is 14.9 Å². The minimum absolute atomic E-state index is 0.167. The Labute approximate surface area is 104 Å². The molecule has 96 valence electrons. The Morgan fingerprint density at radius 3 is 2.94 bits per heavy atom. The van der Waals surface area contributed by atoms with Crippen LogP contribution in [0.1, 0.15) is 23.2 Å². The number of hydrogen-bond donors (Lipinski definition) is 0. The highest BCUT2D eigenvalue weighted by Crippen LogP contribution is 2.29. The Morgan fingerprint density at radius 1 is 1.50 bits per heavy atom. The van der Waals surface area contributed by atoms with Crippen molar-refractivity contribution in [3.8, 4) is 5.75 Å². The summed E-state index contributed by atoms with van der Waals surface area (Å²) in [6, 6.07) is 4.17. The van der Waals surface area contributed by atoms with Crippen molar-refractivity contribution in [3.05, 3.63) is 33.9 Å². The van der Waals surface area contributed by atoms with Gasteiger partial charge in [0.25, 0.3) is 0 Å². The van der Waals surface area contributed by atoms with Crippen molar-refractivity contribution in [3.63, 3.8) is 0 Å². The van der Waals surface area contributed by atoms with Gasteiger partial charge in [-0.2, -0.15) is 0 Å². The molecule has 1 heterocycles. The molecule has 2 rings (SSSR count). The second-order valence-corrected chi connectivity index (χ2v) is 4.06. The van der Waals surface area contributed by atoms with Gasteiger partial charge in [-0.1, -0.05) is 0 Å². The SMILES string of the molecule is O=Cc1ccc(OC2CCCOC2)c([N+](=O)[O-])c1. The number of nitrogens with zero attached hydrogens (tertiary/aromatic N) is 1. The summed E-state index contributed by atoms with van der Waals surface area (Å²) in [5, 5.41) is 10.9. The molecule has 1 unspecified atom stereocenters. The topological polar surface area (TPSA) is 78.7 Å². The van der Waals surface area contributed by atoms with Crippen molar-refractivity contribution >= 4 is 12.0 Å². The van der Waals surface area contributed by atoms with Crippen molar-refractivity contribution < 1.29 is 19.2 Å². The van der Waals surface area contributed by atoms with Gasteiger partial charge in [-0.05, 0) is 25.0 Å². The van der Waals surface area contributed by atoms with Crippen LogP contribution in [0.2, 0.25) is 0 Å². The normalized spacial score (nSPS) is 19.2. The van der Waals surface area contributed by atoms with Crippen LogP contribution >= 0.6 is 0 Å². The van der Waals surface area contributed by atoms with E-state index in [1.165, 1.54) is 18.2 Å². The van der Waals surface area contributed by atoms with Gasteiger partial charge in [-0.3, -0.25) is 14.9 Å². The molecule has 1 aliphatic heterocycles. The Kier molecular flexibility index (Phi) is 3.88. The molecule has 0 bridgehead atoms. The zero-order valence-electron chi connectivity index (χ0n) is 9.70. The number of aldehydes is 1. The zero-order chi connectivity index (χ0) is 13.0. The van der Waals surface area contributed by atoms with Crippen molar-refractivity contribution in [2.24, 2.45) is 0 Å². The van der Waals surface area contributed by atoms with Gasteiger partial charge < -0.3 is 9.47 Å². The number of hydrogen-bond acceptors (Lipinski definition) is 5. The molecule has 0 N–H and O–H groups in total. The minimum Gasteiger partial charge on any atom is -0.481 e. The van der Waals surface area contributed by atoms with Gasteiger partial charge in [-0.25, -0.2) is 0 Å². The quantitative estimate of drug-likeness (QED) is 0.464. The lowest BCUT2D eigenvalue weighted by molar-refractivity contribution is -0.386. The lowest BCUT2D eigenvalue weighted by Crippen LogP contribution is -2.28. The Morgan fingerprint density at radius 2 is 2.33 bits per heavy atom. The number of nitro benzene ring substituents is 1. The van der Waals surface area contributed by atoms with Gasteiger partial charge in [-0.15, -0.1) is 0 Å². The van der Waals surface area contributed by atoms with Crippen LogP contribution in [0.3, 0.4) is 0 Å². The van der Waals surface area contributed by atoms with E-state index in [1.807, 2.05) is 0 Å². The minimum atomic E-state index is -0.550. The first-order valence-corrected chi connectivity index (χ1v) is 5.68. The second-order valence-electron chi connectivity index (χ2n) is 4.06. The molecule has 1 saturated heterocycles. The molecule has 1 fully saturated rings. The maximum Gasteiger partial charge on any atom is 0.311 e. The van der Waals surface area contributed by atoms with Gasteiger partial charge in [0.15, 0.2) is 5.75 Å². The number of nitro groups is 1. The monoisotopic (exact) mass is 251 g/mol. The lowest BCUT2D eigenvalue weighted by atomic mass is 10.1. The summed E-state index contributed by atoms with van der Waals surface area (Å²) < 4.78 is 10.8. The Hall–Kier alpha value is -1.95. The van der Waals surface area contributed by atoms with Crippen LogP contribution in [0.5, 0.6) is 5.75 Å². The van der Waals surface area contributed by atoms with E-state index >= 15 is 0 Å². The standard InChI is InChI=1S/C12H13NO5/c14-7-9-3-4-12(11(6-9)13(15)16)18-10-2-1-5-17-8-10/h3-4,6-7,10H,1-2,5,8H2. The molecule has 6 nitrogen and oxygen atoms in total. The number of carbonyl (C=O) groups excluding carboxylic acids is 1. The molecule has 1 atom stereocenters. The predicted molar refractivity (Wildman–Crippen MR) is 63.0 cm³/mol. The van der Waals surface area contributed by atoms with Crippen molar-refractivity contribution in [2.75, 3.05) is 13.2 Å². The maximum atomic E-state index is 10.9. The van der Waals surface area contributed by atoms with Gasteiger partial charge in [0.1, 0.15) is 12.4 Å². The summed E-state index contributed by atoms with van der Waals surface area (Å²) in [5.41, 5.74) is 0.0686. The van der Waals surface area contributed by atoms with Crippen LogP contribution in [0.25, 0.3) is 0 Å². The molecule has 0 radical (unpaired) electrons.